The van der Waals surface area contributed by atoms with Crippen molar-refractivity contribution >= 4 is 0 Å². The Morgan fingerprint density at radius 2 is 2.29 bits per heavy atom. The molecule has 78 valence electrons. The van der Waals surface area contributed by atoms with Crippen LogP contribution in [0.2, 0.25) is 0 Å². The standard InChI is InChI=1S/C11H19N3/c1-8(2)11-9-4-3-7-14(9)10(13-11)5-6-12/h8H,3-7,12H2,1-2H3. The minimum Gasteiger partial charge on any atom is -0.332 e. The second-order valence-electron chi connectivity index (χ2n) is 4.31. The van der Waals surface area contributed by atoms with Crippen LogP contribution in [0, 0.1) is 0 Å². The molecule has 1 aliphatic rings. The van der Waals surface area contributed by atoms with E-state index in [-0.39, 0.29) is 0 Å². The monoisotopic (exact) mass is 193 g/mol. The van der Waals surface area contributed by atoms with Crippen molar-refractivity contribution in [2.45, 2.75) is 45.6 Å². The Hall–Kier alpha value is -0.830. The summed E-state index contributed by atoms with van der Waals surface area (Å²) in [4.78, 5) is 4.70. The maximum Gasteiger partial charge on any atom is 0.110 e. The summed E-state index contributed by atoms with van der Waals surface area (Å²) in [5.41, 5.74) is 8.35. The van der Waals surface area contributed by atoms with Crippen LogP contribution in [0.3, 0.4) is 0 Å². The lowest BCUT2D eigenvalue weighted by molar-refractivity contribution is 0.683. The van der Waals surface area contributed by atoms with E-state index in [1.165, 1.54) is 30.1 Å². The van der Waals surface area contributed by atoms with Crippen LogP contribution in [0.25, 0.3) is 0 Å². The van der Waals surface area contributed by atoms with Crippen molar-refractivity contribution in [2.24, 2.45) is 5.73 Å². The lowest BCUT2D eigenvalue weighted by atomic mass is 10.1. The highest BCUT2D eigenvalue weighted by Gasteiger charge is 2.21. The number of imidazole rings is 1. The molecule has 2 heterocycles. The van der Waals surface area contributed by atoms with E-state index in [0.29, 0.717) is 12.5 Å². The van der Waals surface area contributed by atoms with Gasteiger partial charge in [-0.15, -0.1) is 0 Å². The number of fused-ring (bicyclic) bond motifs is 1. The first kappa shape index (κ1) is 9.71. The van der Waals surface area contributed by atoms with Gasteiger partial charge in [-0.25, -0.2) is 4.98 Å². The molecule has 14 heavy (non-hydrogen) atoms. The predicted octanol–water partition coefficient (Wildman–Crippen LogP) is 1.45. The van der Waals surface area contributed by atoms with Gasteiger partial charge in [-0.2, -0.15) is 0 Å². The summed E-state index contributed by atoms with van der Waals surface area (Å²) >= 11 is 0. The van der Waals surface area contributed by atoms with Gasteiger partial charge in [0, 0.05) is 18.7 Å². The molecule has 2 rings (SSSR count). The number of nitrogens with zero attached hydrogens (tertiary/aromatic N) is 2. The van der Waals surface area contributed by atoms with Crippen LogP contribution in [0.5, 0.6) is 0 Å². The molecule has 1 aromatic rings. The fourth-order valence-corrected chi connectivity index (χ4v) is 2.27. The van der Waals surface area contributed by atoms with Gasteiger partial charge in [-0.05, 0) is 25.3 Å². The Kier molecular flexibility index (Phi) is 2.59. The molecule has 0 amide bonds. The summed E-state index contributed by atoms with van der Waals surface area (Å²) in [5, 5.41) is 0. The molecule has 3 nitrogen and oxygen atoms in total. The number of nitrogens with two attached hydrogens (primary N) is 1. The van der Waals surface area contributed by atoms with Gasteiger partial charge >= 0.3 is 0 Å². The summed E-state index contributed by atoms with van der Waals surface area (Å²) in [5.74, 6) is 1.74. The van der Waals surface area contributed by atoms with Crippen LogP contribution in [0.4, 0.5) is 0 Å². The Bertz CT molecular complexity index is 326. The molecule has 0 radical (unpaired) electrons. The fraction of sp³-hybridized carbons (Fsp3) is 0.727. The van der Waals surface area contributed by atoms with E-state index >= 15 is 0 Å². The number of hydrogen-bond donors (Lipinski definition) is 1. The van der Waals surface area contributed by atoms with Crippen molar-refractivity contribution in [1.29, 1.82) is 0 Å². The molecule has 0 fully saturated rings. The summed E-state index contributed by atoms with van der Waals surface area (Å²) in [6.45, 7) is 6.28. The van der Waals surface area contributed by atoms with Crippen molar-refractivity contribution in [3.05, 3.63) is 17.2 Å². The van der Waals surface area contributed by atoms with E-state index in [1.807, 2.05) is 0 Å². The van der Waals surface area contributed by atoms with Gasteiger partial charge in [0.2, 0.25) is 0 Å². The smallest absolute Gasteiger partial charge is 0.110 e. The minimum atomic E-state index is 0.542. The molecule has 1 aliphatic heterocycles. The van der Waals surface area contributed by atoms with Crippen molar-refractivity contribution in [1.82, 2.24) is 9.55 Å². The summed E-state index contributed by atoms with van der Waals surface area (Å²) in [6, 6.07) is 0. The van der Waals surface area contributed by atoms with Crippen molar-refractivity contribution in [3.63, 3.8) is 0 Å². The van der Waals surface area contributed by atoms with Gasteiger partial charge < -0.3 is 10.3 Å². The summed E-state index contributed by atoms with van der Waals surface area (Å²) in [7, 11) is 0. The van der Waals surface area contributed by atoms with Crippen LogP contribution in [0.1, 0.15) is 43.4 Å². The zero-order chi connectivity index (χ0) is 10.1. The molecule has 0 aromatic carbocycles. The first-order valence-electron chi connectivity index (χ1n) is 5.52. The maximum atomic E-state index is 5.59. The fourth-order valence-electron chi connectivity index (χ4n) is 2.27. The Morgan fingerprint density at radius 3 is 2.93 bits per heavy atom. The highest BCUT2D eigenvalue weighted by Crippen LogP contribution is 2.26. The Morgan fingerprint density at radius 1 is 1.50 bits per heavy atom. The number of rotatable bonds is 3. The van der Waals surface area contributed by atoms with Crippen LogP contribution in [-0.4, -0.2) is 16.1 Å². The first-order chi connectivity index (χ1) is 6.74. The van der Waals surface area contributed by atoms with E-state index in [0.717, 1.165) is 13.0 Å². The average molecular weight is 193 g/mol. The predicted molar refractivity (Wildman–Crippen MR) is 57.4 cm³/mol. The largest absolute Gasteiger partial charge is 0.332 e. The van der Waals surface area contributed by atoms with Gasteiger partial charge in [0.05, 0.1) is 5.69 Å². The molecular formula is C11H19N3. The molecule has 0 bridgehead atoms. The molecule has 0 unspecified atom stereocenters. The van der Waals surface area contributed by atoms with Gasteiger partial charge in [-0.3, -0.25) is 0 Å². The van der Waals surface area contributed by atoms with Gasteiger partial charge in [0.25, 0.3) is 0 Å². The summed E-state index contributed by atoms with van der Waals surface area (Å²) < 4.78 is 2.38. The lowest BCUT2D eigenvalue weighted by Crippen LogP contribution is -2.08. The SMILES string of the molecule is CC(C)c1nc(CCN)n2c1CCC2. The van der Waals surface area contributed by atoms with Crippen molar-refractivity contribution < 1.29 is 0 Å². The summed E-state index contributed by atoms with van der Waals surface area (Å²) in [6.07, 6.45) is 3.39. The minimum absolute atomic E-state index is 0.542. The third-order valence-corrected chi connectivity index (χ3v) is 2.89. The second kappa shape index (κ2) is 3.73. The number of aromatic nitrogens is 2. The molecule has 3 heteroatoms. The molecular weight excluding hydrogens is 174 g/mol. The molecule has 0 atom stereocenters. The van der Waals surface area contributed by atoms with Gasteiger partial charge in [-0.1, -0.05) is 13.8 Å². The highest BCUT2D eigenvalue weighted by molar-refractivity contribution is 5.23. The average Bonchev–Trinajstić information content (AvgIpc) is 2.67. The van der Waals surface area contributed by atoms with Crippen LogP contribution >= 0.6 is 0 Å². The lowest BCUT2D eigenvalue weighted by Gasteiger charge is -2.02. The van der Waals surface area contributed by atoms with Crippen LogP contribution in [-0.2, 0) is 19.4 Å². The van der Waals surface area contributed by atoms with E-state index < -0.39 is 0 Å². The van der Waals surface area contributed by atoms with Crippen molar-refractivity contribution in [2.75, 3.05) is 6.54 Å². The highest BCUT2D eigenvalue weighted by atomic mass is 15.1. The van der Waals surface area contributed by atoms with Crippen LogP contribution in [0.15, 0.2) is 0 Å². The van der Waals surface area contributed by atoms with E-state index in [2.05, 4.69) is 18.4 Å². The third-order valence-electron chi connectivity index (χ3n) is 2.89. The molecule has 0 aliphatic carbocycles. The van der Waals surface area contributed by atoms with Crippen molar-refractivity contribution in [3.8, 4) is 0 Å². The first-order valence-corrected chi connectivity index (χ1v) is 5.52. The normalized spacial score (nSPS) is 15.1. The maximum absolute atomic E-state index is 5.59. The molecule has 0 saturated heterocycles. The van der Waals surface area contributed by atoms with E-state index in [9.17, 15) is 0 Å². The van der Waals surface area contributed by atoms with Gasteiger partial charge in [0.1, 0.15) is 5.82 Å². The van der Waals surface area contributed by atoms with E-state index in [1.54, 1.807) is 0 Å². The quantitative estimate of drug-likeness (QED) is 0.789. The van der Waals surface area contributed by atoms with Crippen LogP contribution < -0.4 is 5.73 Å². The van der Waals surface area contributed by atoms with E-state index in [4.69, 9.17) is 10.7 Å². The zero-order valence-corrected chi connectivity index (χ0v) is 9.08. The van der Waals surface area contributed by atoms with Gasteiger partial charge in [0.15, 0.2) is 0 Å². The Balaban J connectivity index is 2.39. The molecule has 1 aromatic heterocycles. The molecule has 2 N–H and O–H groups in total. The second-order valence-corrected chi connectivity index (χ2v) is 4.31. The zero-order valence-electron chi connectivity index (χ0n) is 9.08. The Labute approximate surface area is 85.3 Å². The topological polar surface area (TPSA) is 43.8 Å². The third kappa shape index (κ3) is 1.46. The molecule has 0 spiro atoms. The number of hydrogen-bond acceptors (Lipinski definition) is 2. The molecule has 0 saturated carbocycles.